The summed E-state index contributed by atoms with van der Waals surface area (Å²) < 4.78 is 14.6. The van der Waals surface area contributed by atoms with Gasteiger partial charge in [-0.3, -0.25) is 4.79 Å². The number of carbonyl (C=O) groups excluding carboxylic acids is 2. The van der Waals surface area contributed by atoms with Gasteiger partial charge in [-0.25, -0.2) is 4.79 Å². The van der Waals surface area contributed by atoms with Gasteiger partial charge in [-0.05, 0) is 34.6 Å². The van der Waals surface area contributed by atoms with Crippen LogP contribution in [0.3, 0.4) is 0 Å². The zero-order chi connectivity index (χ0) is 12.8. The van der Waals surface area contributed by atoms with Gasteiger partial charge in [0.15, 0.2) is 5.78 Å². The first-order valence-electron chi connectivity index (χ1n) is 5.00. The molecule has 0 aromatic rings. The van der Waals surface area contributed by atoms with E-state index in [4.69, 9.17) is 14.2 Å². The van der Waals surface area contributed by atoms with Gasteiger partial charge in [0.05, 0.1) is 12.7 Å². The summed E-state index contributed by atoms with van der Waals surface area (Å²) >= 11 is 0. The lowest BCUT2D eigenvalue weighted by molar-refractivity contribution is -0.113. The van der Waals surface area contributed by atoms with Crippen molar-refractivity contribution in [2.75, 3.05) is 6.61 Å². The Hall–Kier alpha value is -1.52. The molecule has 0 heterocycles. The van der Waals surface area contributed by atoms with Crippen molar-refractivity contribution in [1.82, 2.24) is 0 Å². The molecule has 0 saturated carbocycles. The Balaban J connectivity index is 4.41. The summed E-state index contributed by atoms with van der Waals surface area (Å²) in [6, 6.07) is 0. The highest BCUT2D eigenvalue weighted by Gasteiger charge is 2.19. The van der Waals surface area contributed by atoms with Gasteiger partial charge in [0.2, 0.25) is 0 Å². The van der Waals surface area contributed by atoms with E-state index in [9.17, 15) is 9.59 Å². The van der Waals surface area contributed by atoms with Crippen molar-refractivity contribution in [3.63, 3.8) is 0 Å². The SMILES string of the molecule is CCO/C(=C\C(C)=O)OC(=O)OC(C)(C)C. The minimum atomic E-state index is -0.895. The third-order valence-electron chi connectivity index (χ3n) is 1.18. The second kappa shape index (κ2) is 6.15. The topological polar surface area (TPSA) is 61.8 Å². The molecular formula is C11H18O5. The Morgan fingerprint density at radius 2 is 1.81 bits per heavy atom. The number of allylic oxidation sites excluding steroid dienone is 1. The zero-order valence-corrected chi connectivity index (χ0v) is 10.3. The first-order chi connectivity index (χ1) is 7.24. The summed E-state index contributed by atoms with van der Waals surface area (Å²) in [6.07, 6.45) is 0.196. The molecule has 0 radical (unpaired) electrons. The fourth-order valence-corrected chi connectivity index (χ4v) is 0.762. The lowest BCUT2D eigenvalue weighted by Gasteiger charge is -2.19. The maximum absolute atomic E-state index is 11.2. The van der Waals surface area contributed by atoms with Crippen LogP contribution >= 0.6 is 0 Å². The Kier molecular flexibility index (Phi) is 5.56. The summed E-state index contributed by atoms with van der Waals surface area (Å²) in [5, 5.41) is 0. The van der Waals surface area contributed by atoms with Crippen LogP contribution in [0.2, 0.25) is 0 Å². The molecule has 0 spiro atoms. The standard InChI is InChI=1S/C11H18O5/c1-6-14-9(7-8(2)12)15-10(13)16-11(3,4)5/h7H,6H2,1-5H3/b9-7+. The molecule has 5 heteroatoms. The Morgan fingerprint density at radius 1 is 1.25 bits per heavy atom. The van der Waals surface area contributed by atoms with E-state index < -0.39 is 11.8 Å². The molecule has 0 aliphatic heterocycles. The van der Waals surface area contributed by atoms with Crippen LogP contribution < -0.4 is 0 Å². The molecule has 0 rings (SSSR count). The van der Waals surface area contributed by atoms with Gasteiger partial charge in [-0.2, -0.15) is 0 Å². The van der Waals surface area contributed by atoms with Crippen molar-refractivity contribution in [2.45, 2.75) is 40.2 Å². The fourth-order valence-electron chi connectivity index (χ4n) is 0.762. The third kappa shape index (κ3) is 7.84. The molecule has 0 unspecified atom stereocenters. The Bertz CT molecular complexity index is 285. The highest BCUT2D eigenvalue weighted by molar-refractivity contribution is 5.87. The molecule has 5 nitrogen and oxygen atoms in total. The number of hydrogen-bond acceptors (Lipinski definition) is 5. The van der Waals surface area contributed by atoms with Crippen LogP contribution in [0.25, 0.3) is 0 Å². The monoisotopic (exact) mass is 230 g/mol. The van der Waals surface area contributed by atoms with Crippen LogP contribution in [0.4, 0.5) is 4.79 Å². The molecule has 0 saturated heterocycles. The van der Waals surface area contributed by atoms with Crippen molar-refractivity contribution in [3.05, 3.63) is 12.0 Å². The van der Waals surface area contributed by atoms with Gasteiger partial charge in [-0.1, -0.05) is 0 Å². The quantitative estimate of drug-likeness (QED) is 0.421. The van der Waals surface area contributed by atoms with E-state index in [0.29, 0.717) is 6.61 Å². The van der Waals surface area contributed by atoms with E-state index >= 15 is 0 Å². The Labute approximate surface area is 95.4 Å². The minimum Gasteiger partial charge on any atom is -0.465 e. The highest BCUT2D eigenvalue weighted by Crippen LogP contribution is 2.11. The third-order valence-corrected chi connectivity index (χ3v) is 1.18. The van der Waals surface area contributed by atoms with Gasteiger partial charge >= 0.3 is 6.16 Å². The predicted molar refractivity (Wildman–Crippen MR) is 57.7 cm³/mol. The van der Waals surface area contributed by atoms with Crippen molar-refractivity contribution < 1.29 is 23.8 Å². The van der Waals surface area contributed by atoms with Gasteiger partial charge in [-0.15, -0.1) is 0 Å². The molecular weight excluding hydrogens is 212 g/mol. The minimum absolute atomic E-state index is 0.149. The van der Waals surface area contributed by atoms with Crippen molar-refractivity contribution in [2.24, 2.45) is 0 Å². The smallest absolute Gasteiger partial charge is 0.465 e. The summed E-state index contributed by atoms with van der Waals surface area (Å²) in [7, 11) is 0. The van der Waals surface area contributed by atoms with Crippen LogP contribution in [0, 0.1) is 0 Å². The Morgan fingerprint density at radius 3 is 2.19 bits per heavy atom. The average Bonchev–Trinajstić information content (AvgIpc) is 1.98. The van der Waals surface area contributed by atoms with E-state index in [2.05, 4.69) is 0 Å². The van der Waals surface area contributed by atoms with Gasteiger partial charge in [0.1, 0.15) is 5.60 Å². The maximum atomic E-state index is 11.2. The first kappa shape index (κ1) is 14.5. The lowest BCUT2D eigenvalue weighted by atomic mass is 10.2. The molecule has 0 atom stereocenters. The fraction of sp³-hybridized carbons (Fsp3) is 0.636. The first-order valence-corrected chi connectivity index (χ1v) is 5.00. The molecule has 0 aliphatic rings. The van der Waals surface area contributed by atoms with Crippen LogP contribution in [-0.4, -0.2) is 24.1 Å². The largest absolute Gasteiger partial charge is 0.516 e. The average molecular weight is 230 g/mol. The molecule has 0 amide bonds. The van der Waals surface area contributed by atoms with Crippen LogP contribution in [-0.2, 0) is 19.0 Å². The predicted octanol–water partition coefficient (Wildman–Crippen LogP) is 2.41. The van der Waals surface area contributed by atoms with Crippen molar-refractivity contribution >= 4 is 11.9 Å². The van der Waals surface area contributed by atoms with E-state index in [1.165, 1.54) is 6.92 Å². The lowest BCUT2D eigenvalue weighted by Crippen LogP contribution is -2.24. The van der Waals surface area contributed by atoms with Crippen molar-refractivity contribution in [3.8, 4) is 0 Å². The molecule has 0 aromatic heterocycles. The van der Waals surface area contributed by atoms with Gasteiger partial charge < -0.3 is 14.2 Å². The molecule has 92 valence electrons. The summed E-state index contributed by atoms with van der Waals surface area (Å²) in [5.41, 5.74) is -0.648. The number of ether oxygens (including phenoxy) is 3. The number of rotatable bonds is 4. The van der Waals surface area contributed by atoms with Crippen LogP contribution in [0.5, 0.6) is 0 Å². The number of hydrogen-bond donors (Lipinski definition) is 0. The van der Waals surface area contributed by atoms with Gasteiger partial charge in [0, 0.05) is 0 Å². The summed E-state index contributed by atoms with van der Waals surface area (Å²) in [4.78, 5) is 22.1. The highest BCUT2D eigenvalue weighted by atomic mass is 16.8. The normalized spacial score (nSPS) is 11.9. The summed E-state index contributed by atoms with van der Waals surface area (Å²) in [6.45, 7) is 8.47. The number of ketones is 1. The van der Waals surface area contributed by atoms with E-state index in [1.807, 2.05) is 0 Å². The molecule has 0 N–H and O–H groups in total. The molecule has 0 bridgehead atoms. The van der Waals surface area contributed by atoms with Crippen molar-refractivity contribution in [1.29, 1.82) is 0 Å². The van der Waals surface area contributed by atoms with Gasteiger partial charge in [0.25, 0.3) is 5.95 Å². The molecule has 0 aromatic carbocycles. The van der Waals surface area contributed by atoms with Crippen LogP contribution in [0.1, 0.15) is 34.6 Å². The van der Waals surface area contributed by atoms with E-state index in [0.717, 1.165) is 6.08 Å². The van der Waals surface area contributed by atoms with Crippen LogP contribution in [0.15, 0.2) is 12.0 Å². The second-order valence-electron chi connectivity index (χ2n) is 4.07. The number of carbonyl (C=O) groups is 2. The molecule has 0 aliphatic carbocycles. The molecule has 0 fully saturated rings. The summed E-state index contributed by atoms with van der Waals surface area (Å²) in [5.74, 6) is -0.420. The van der Waals surface area contributed by atoms with E-state index in [1.54, 1.807) is 27.7 Å². The zero-order valence-electron chi connectivity index (χ0n) is 10.3. The molecule has 16 heavy (non-hydrogen) atoms. The maximum Gasteiger partial charge on any atom is 0.516 e. The second-order valence-corrected chi connectivity index (χ2v) is 4.07. The van der Waals surface area contributed by atoms with E-state index in [-0.39, 0.29) is 11.7 Å².